The fraction of sp³-hybridized carbons (Fsp3) is 0.688. The molecule has 20 heavy (non-hydrogen) atoms. The first-order valence-corrected chi connectivity index (χ1v) is 7.59. The average Bonchev–Trinajstić information content (AvgIpc) is 2.46. The molecule has 0 unspecified atom stereocenters. The van der Waals surface area contributed by atoms with Crippen molar-refractivity contribution >= 4 is 0 Å². The van der Waals surface area contributed by atoms with Gasteiger partial charge in [-0.2, -0.15) is 0 Å². The molecular formula is C16H27N3O. The minimum Gasteiger partial charge on any atom is -0.497 e. The number of aromatic nitrogens is 1. The third-order valence-corrected chi connectivity index (χ3v) is 4.11. The Labute approximate surface area is 122 Å². The highest BCUT2D eigenvalue weighted by molar-refractivity contribution is 5.26. The molecule has 1 N–H and O–H groups in total. The Balaban J connectivity index is 1.84. The highest BCUT2D eigenvalue weighted by Gasteiger charge is 2.19. The van der Waals surface area contributed by atoms with Crippen LogP contribution < -0.4 is 10.1 Å². The van der Waals surface area contributed by atoms with Crippen LogP contribution in [0.2, 0.25) is 0 Å². The van der Waals surface area contributed by atoms with Crippen LogP contribution in [0.1, 0.15) is 30.7 Å². The van der Waals surface area contributed by atoms with E-state index < -0.39 is 0 Å². The molecule has 1 fully saturated rings. The molecule has 0 amide bonds. The van der Waals surface area contributed by atoms with E-state index in [-0.39, 0.29) is 0 Å². The van der Waals surface area contributed by atoms with Crippen LogP contribution in [0.15, 0.2) is 12.1 Å². The summed E-state index contributed by atoms with van der Waals surface area (Å²) >= 11 is 0. The number of methoxy groups -OCH3 is 1. The number of likely N-dealkylation sites (tertiary alicyclic amines) is 1. The number of hydrogen-bond acceptors (Lipinski definition) is 4. The molecule has 2 heterocycles. The van der Waals surface area contributed by atoms with Crippen molar-refractivity contribution in [3.8, 4) is 5.75 Å². The lowest BCUT2D eigenvalue weighted by Crippen LogP contribution is -2.34. The largest absolute Gasteiger partial charge is 0.497 e. The zero-order valence-electron chi connectivity index (χ0n) is 13.0. The second-order valence-corrected chi connectivity index (χ2v) is 5.75. The van der Waals surface area contributed by atoms with Crippen molar-refractivity contribution < 1.29 is 4.74 Å². The minimum atomic E-state index is 0.888. The van der Waals surface area contributed by atoms with Crippen LogP contribution in [0.25, 0.3) is 0 Å². The van der Waals surface area contributed by atoms with E-state index in [1.807, 2.05) is 20.0 Å². The molecule has 0 aromatic carbocycles. The molecule has 1 aliphatic heterocycles. The molecule has 0 bridgehead atoms. The van der Waals surface area contributed by atoms with Crippen molar-refractivity contribution in [1.29, 1.82) is 0 Å². The molecule has 0 saturated carbocycles. The van der Waals surface area contributed by atoms with Crippen LogP contribution in [-0.2, 0) is 6.54 Å². The van der Waals surface area contributed by atoms with Gasteiger partial charge >= 0.3 is 0 Å². The molecule has 4 nitrogen and oxygen atoms in total. The number of ether oxygens (including phenoxy) is 1. The number of aryl methyl sites for hydroxylation is 1. The molecule has 1 saturated heterocycles. The van der Waals surface area contributed by atoms with Gasteiger partial charge in [0.05, 0.1) is 12.8 Å². The number of nitrogens with one attached hydrogen (secondary N) is 1. The van der Waals surface area contributed by atoms with Crippen molar-refractivity contribution in [1.82, 2.24) is 15.2 Å². The van der Waals surface area contributed by atoms with E-state index in [1.54, 1.807) is 7.11 Å². The van der Waals surface area contributed by atoms with Gasteiger partial charge in [0.1, 0.15) is 5.75 Å². The molecule has 1 aliphatic rings. The summed E-state index contributed by atoms with van der Waals surface area (Å²) in [6.07, 6.45) is 3.93. The second kappa shape index (κ2) is 7.60. The predicted molar refractivity (Wildman–Crippen MR) is 82.1 cm³/mol. The first-order chi connectivity index (χ1) is 9.71. The van der Waals surface area contributed by atoms with Crippen molar-refractivity contribution in [3.63, 3.8) is 0 Å². The Kier molecular flexibility index (Phi) is 5.80. The number of pyridine rings is 1. The normalized spacial score (nSPS) is 17.4. The van der Waals surface area contributed by atoms with Crippen LogP contribution in [0.3, 0.4) is 0 Å². The molecule has 0 aliphatic carbocycles. The van der Waals surface area contributed by atoms with Gasteiger partial charge < -0.3 is 10.1 Å². The maximum absolute atomic E-state index is 5.32. The van der Waals surface area contributed by atoms with Crippen molar-refractivity contribution in [3.05, 3.63) is 23.5 Å². The van der Waals surface area contributed by atoms with Crippen LogP contribution >= 0.6 is 0 Å². The SMILES string of the molecule is CNCCC1CCN(Cc2cc(OC)cc(C)n2)CC1. The van der Waals surface area contributed by atoms with Crippen molar-refractivity contribution in [2.75, 3.05) is 33.8 Å². The molecular weight excluding hydrogens is 250 g/mol. The lowest BCUT2D eigenvalue weighted by molar-refractivity contribution is 0.170. The zero-order chi connectivity index (χ0) is 14.4. The Morgan fingerprint density at radius 2 is 2.10 bits per heavy atom. The van der Waals surface area contributed by atoms with E-state index in [4.69, 9.17) is 4.74 Å². The number of nitrogens with zero attached hydrogens (tertiary/aromatic N) is 2. The third kappa shape index (κ3) is 4.46. The Hall–Kier alpha value is -1.13. The van der Waals surface area contributed by atoms with E-state index in [9.17, 15) is 0 Å². The van der Waals surface area contributed by atoms with Gasteiger partial charge in [-0.15, -0.1) is 0 Å². The minimum absolute atomic E-state index is 0.888. The van der Waals surface area contributed by atoms with E-state index >= 15 is 0 Å². The van der Waals surface area contributed by atoms with Gasteiger partial charge in [0.15, 0.2) is 0 Å². The summed E-state index contributed by atoms with van der Waals surface area (Å²) in [6.45, 7) is 6.48. The first kappa shape index (κ1) is 15.3. The molecule has 112 valence electrons. The summed E-state index contributed by atoms with van der Waals surface area (Å²) < 4.78 is 5.32. The van der Waals surface area contributed by atoms with Crippen LogP contribution in [0.4, 0.5) is 0 Å². The lowest BCUT2D eigenvalue weighted by atomic mass is 9.93. The lowest BCUT2D eigenvalue weighted by Gasteiger charge is -2.31. The summed E-state index contributed by atoms with van der Waals surface area (Å²) in [4.78, 5) is 7.12. The molecule has 0 radical (unpaired) electrons. The van der Waals surface area contributed by atoms with Crippen molar-refractivity contribution in [2.24, 2.45) is 5.92 Å². The molecule has 1 aromatic rings. The van der Waals surface area contributed by atoms with E-state index in [0.29, 0.717) is 0 Å². The number of hydrogen-bond donors (Lipinski definition) is 1. The van der Waals surface area contributed by atoms with E-state index in [1.165, 1.54) is 32.4 Å². The highest BCUT2D eigenvalue weighted by atomic mass is 16.5. The Morgan fingerprint density at radius 3 is 2.75 bits per heavy atom. The highest BCUT2D eigenvalue weighted by Crippen LogP contribution is 2.22. The summed E-state index contributed by atoms with van der Waals surface area (Å²) in [5.74, 6) is 1.80. The Bertz CT molecular complexity index is 414. The van der Waals surface area contributed by atoms with Gasteiger partial charge in [0.25, 0.3) is 0 Å². The summed E-state index contributed by atoms with van der Waals surface area (Å²) in [5, 5.41) is 3.25. The van der Waals surface area contributed by atoms with Crippen molar-refractivity contribution in [2.45, 2.75) is 32.7 Å². The van der Waals surface area contributed by atoms with Gasteiger partial charge in [-0.05, 0) is 58.8 Å². The fourth-order valence-corrected chi connectivity index (χ4v) is 2.91. The second-order valence-electron chi connectivity index (χ2n) is 5.75. The number of piperidine rings is 1. The topological polar surface area (TPSA) is 37.4 Å². The maximum Gasteiger partial charge on any atom is 0.122 e. The smallest absolute Gasteiger partial charge is 0.122 e. The Morgan fingerprint density at radius 1 is 1.35 bits per heavy atom. The summed E-state index contributed by atoms with van der Waals surface area (Å²) in [5.41, 5.74) is 2.15. The molecule has 2 rings (SSSR count). The van der Waals surface area contributed by atoms with Gasteiger partial charge in [-0.3, -0.25) is 9.88 Å². The first-order valence-electron chi connectivity index (χ1n) is 7.59. The van der Waals surface area contributed by atoms with E-state index in [0.717, 1.165) is 36.1 Å². The van der Waals surface area contributed by atoms with Gasteiger partial charge in [-0.25, -0.2) is 0 Å². The van der Waals surface area contributed by atoms with Crippen LogP contribution in [0, 0.1) is 12.8 Å². The number of rotatable bonds is 6. The third-order valence-electron chi connectivity index (χ3n) is 4.11. The van der Waals surface area contributed by atoms with Crippen LogP contribution in [-0.4, -0.2) is 43.7 Å². The molecule has 4 heteroatoms. The summed E-state index contributed by atoms with van der Waals surface area (Å²) in [7, 11) is 3.75. The van der Waals surface area contributed by atoms with Crippen LogP contribution in [0.5, 0.6) is 5.75 Å². The maximum atomic E-state index is 5.32. The standard InChI is InChI=1S/C16H27N3O/c1-13-10-16(20-3)11-15(18-13)12-19-8-5-14(6-9-19)4-7-17-2/h10-11,14,17H,4-9,12H2,1-3H3. The van der Waals surface area contributed by atoms with E-state index in [2.05, 4.69) is 21.3 Å². The monoisotopic (exact) mass is 277 g/mol. The fourth-order valence-electron chi connectivity index (χ4n) is 2.91. The summed E-state index contributed by atoms with van der Waals surface area (Å²) in [6, 6.07) is 4.04. The van der Waals surface area contributed by atoms with Gasteiger partial charge in [0, 0.05) is 24.4 Å². The molecule has 0 atom stereocenters. The molecule has 0 spiro atoms. The predicted octanol–water partition coefficient (Wildman–Crippen LogP) is 2.22. The quantitative estimate of drug-likeness (QED) is 0.865. The molecule has 1 aromatic heterocycles. The average molecular weight is 277 g/mol. The zero-order valence-corrected chi connectivity index (χ0v) is 13.0. The van der Waals surface area contributed by atoms with Gasteiger partial charge in [0.2, 0.25) is 0 Å². The van der Waals surface area contributed by atoms with Gasteiger partial charge in [-0.1, -0.05) is 0 Å².